The SMILES string of the molecule is CCCc1nnc(N2CC(C(=O)NCCN3CCC(CO)CC3)CC2=O)s1.O=CO. The van der Waals surface area contributed by atoms with Crippen LogP contribution in [0.3, 0.4) is 0 Å². The fraction of sp³-hybridized carbons (Fsp3) is 0.737. The first-order valence-electron chi connectivity index (χ1n) is 10.3. The average Bonchev–Trinajstić information content (AvgIpc) is 3.36. The Hall–Kier alpha value is -2.11. The van der Waals surface area contributed by atoms with Gasteiger partial charge in [-0.1, -0.05) is 18.3 Å². The number of nitrogens with zero attached hydrogens (tertiary/aromatic N) is 4. The molecule has 2 aliphatic heterocycles. The van der Waals surface area contributed by atoms with Crippen LogP contribution in [0.1, 0.15) is 37.6 Å². The number of hydrogen-bond donors (Lipinski definition) is 3. The number of anilines is 1. The molecule has 3 heterocycles. The molecule has 10 nitrogen and oxygen atoms in total. The minimum absolute atomic E-state index is 0.0552. The summed E-state index contributed by atoms with van der Waals surface area (Å²) in [4.78, 5) is 37.0. The van der Waals surface area contributed by atoms with E-state index in [4.69, 9.17) is 9.90 Å². The maximum Gasteiger partial charge on any atom is 0.290 e. The van der Waals surface area contributed by atoms with Crippen LogP contribution in [0.15, 0.2) is 0 Å². The second-order valence-corrected chi connectivity index (χ2v) is 8.54. The Labute approximate surface area is 180 Å². The Morgan fingerprint density at radius 2 is 2.03 bits per heavy atom. The third-order valence-electron chi connectivity index (χ3n) is 5.34. The highest BCUT2D eigenvalue weighted by Gasteiger charge is 2.36. The summed E-state index contributed by atoms with van der Waals surface area (Å²) in [5.41, 5.74) is 0. The first kappa shape index (κ1) is 24.2. The molecule has 2 amide bonds. The number of aliphatic hydroxyl groups is 1. The van der Waals surface area contributed by atoms with Crippen molar-refractivity contribution in [2.24, 2.45) is 11.8 Å². The van der Waals surface area contributed by atoms with Gasteiger partial charge >= 0.3 is 0 Å². The molecule has 0 aliphatic carbocycles. The van der Waals surface area contributed by atoms with Crippen molar-refractivity contribution in [2.75, 3.05) is 44.2 Å². The molecule has 2 fully saturated rings. The van der Waals surface area contributed by atoms with Crippen LogP contribution in [0.4, 0.5) is 5.13 Å². The number of aryl methyl sites for hydroxylation is 1. The van der Waals surface area contributed by atoms with Crippen LogP contribution in [0.25, 0.3) is 0 Å². The lowest BCUT2D eigenvalue weighted by Crippen LogP contribution is -2.41. The molecule has 0 saturated carbocycles. The van der Waals surface area contributed by atoms with Crippen molar-refractivity contribution in [3.63, 3.8) is 0 Å². The molecule has 3 rings (SSSR count). The molecule has 1 unspecified atom stereocenters. The van der Waals surface area contributed by atoms with Gasteiger partial charge in [0.25, 0.3) is 6.47 Å². The van der Waals surface area contributed by atoms with E-state index in [1.807, 2.05) is 0 Å². The van der Waals surface area contributed by atoms with Crippen LogP contribution in [0.5, 0.6) is 0 Å². The van der Waals surface area contributed by atoms with E-state index in [1.165, 1.54) is 11.3 Å². The third-order valence-corrected chi connectivity index (χ3v) is 6.35. The summed E-state index contributed by atoms with van der Waals surface area (Å²) < 4.78 is 0. The van der Waals surface area contributed by atoms with Crippen molar-refractivity contribution in [1.82, 2.24) is 20.4 Å². The van der Waals surface area contributed by atoms with E-state index in [9.17, 15) is 14.7 Å². The molecule has 30 heavy (non-hydrogen) atoms. The number of likely N-dealkylation sites (tertiary alicyclic amines) is 1. The van der Waals surface area contributed by atoms with Gasteiger partial charge in [-0.15, -0.1) is 10.2 Å². The zero-order chi connectivity index (χ0) is 21.9. The molecule has 1 aromatic heterocycles. The lowest BCUT2D eigenvalue weighted by atomic mass is 9.98. The fourth-order valence-corrected chi connectivity index (χ4v) is 4.58. The van der Waals surface area contributed by atoms with Crippen LogP contribution >= 0.6 is 11.3 Å². The predicted octanol–water partition coefficient (Wildman–Crippen LogP) is 0.365. The van der Waals surface area contributed by atoms with E-state index < -0.39 is 0 Å². The molecule has 0 radical (unpaired) electrons. The molecule has 2 aliphatic rings. The molecule has 0 aromatic carbocycles. The monoisotopic (exact) mass is 441 g/mol. The quantitative estimate of drug-likeness (QED) is 0.492. The highest BCUT2D eigenvalue weighted by atomic mass is 32.1. The van der Waals surface area contributed by atoms with E-state index in [-0.39, 0.29) is 37.2 Å². The van der Waals surface area contributed by atoms with Crippen LogP contribution in [0, 0.1) is 11.8 Å². The first-order valence-corrected chi connectivity index (χ1v) is 11.2. The van der Waals surface area contributed by atoms with Crippen molar-refractivity contribution in [2.45, 2.75) is 39.0 Å². The van der Waals surface area contributed by atoms with Gasteiger partial charge in [-0.05, 0) is 38.3 Å². The second kappa shape index (κ2) is 12.6. The maximum absolute atomic E-state index is 12.4. The zero-order valence-electron chi connectivity index (χ0n) is 17.3. The Morgan fingerprint density at radius 3 is 2.67 bits per heavy atom. The molecule has 3 N–H and O–H groups in total. The van der Waals surface area contributed by atoms with E-state index in [1.54, 1.807) is 4.90 Å². The fourth-order valence-electron chi connectivity index (χ4n) is 3.61. The minimum atomic E-state index is -0.323. The first-order chi connectivity index (χ1) is 14.5. The van der Waals surface area contributed by atoms with E-state index in [2.05, 4.69) is 27.3 Å². The van der Waals surface area contributed by atoms with Crippen molar-refractivity contribution in [1.29, 1.82) is 0 Å². The summed E-state index contributed by atoms with van der Waals surface area (Å²) in [6.45, 7) is 5.82. The lowest BCUT2D eigenvalue weighted by molar-refractivity contribution is -0.126. The lowest BCUT2D eigenvalue weighted by Gasteiger charge is -2.31. The molecular weight excluding hydrogens is 410 g/mol. The summed E-state index contributed by atoms with van der Waals surface area (Å²) in [6, 6.07) is 0. The Bertz CT molecular complexity index is 693. The van der Waals surface area contributed by atoms with Crippen LogP contribution in [-0.4, -0.2) is 82.9 Å². The average molecular weight is 442 g/mol. The highest BCUT2D eigenvalue weighted by molar-refractivity contribution is 7.15. The number of carbonyl (C=O) groups is 3. The largest absolute Gasteiger partial charge is 0.483 e. The number of aromatic nitrogens is 2. The normalized spacial score (nSPS) is 20.0. The second-order valence-electron chi connectivity index (χ2n) is 7.50. The number of piperidine rings is 1. The Balaban J connectivity index is 0.00000101. The van der Waals surface area contributed by atoms with Crippen molar-refractivity contribution in [3.8, 4) is 0 Å². The van der Waals surface area contributed by atoms with Crippen molar-refractivity contribution >= 4 is 34.8 Å². The highest BCUT2D eigenvalue weighted by Crippen LogP contribution is 2.28. The molecule has 0 bridgehead atoms. The van der Waals surface area contributed by atoms with Gasteiger partial charge in [0.2, 0.25) is 16.9 Å². The summed E-state index contributed by atoms with van der Waals surface area (Å²) >= 11 is 1.44. The number of amides is 2. The van der Waals surface area contributed by atoms with Crippen LogP contribution in [-0.2, 0) is 20.8 Å². The van der Waals surface area contributed by atoms with Crippen LogP contribution in [0.2, 0.25) is 0 Å². The van der Waals surface area contributed by atoms with Crippen molar-refractivity contribution < 1.29 is 24.6 Å². The van der Waals surface area contributed by atoms with Gasteiger partial charge in [0.15, 0.2) is 0 Å². The summed E-state index contributed by atoms with van der Waals surface area (Å²) in [5.74, 6) is -0.0181. The molecular formula is C19H31N5O5S. The van der Waals surface area contributed by atoms with Gasteiger partial charge in [0.1, 0.15) is 5.01 Å². The molecule has 168 valence electrons. The summed E-state index contributed by atoms with van der Waals surface area (Å²) in [5, 5.41) is 28.8. The molecule has 2 saturated heterocycles. The van der Waals surface area contributed by atoms with Gasteiger partial charge in [-0.2, -0.15) is 0 Å². The standard InChI is InChI=1S/C18H29N5O3S.CH2O2/c1-2-3-15-20-21-18(27-15)23-11-14(10-16(23)25)17(26)19-6-9-22-7-4-13(12-24)5-8-22;2-1-3/h13-14,24H,2-12H2,1H3,(H,19,26);1H,(H,2,3). The van der Waals surface area contributed by atoms with Gasteiger partial charge in [-0.3, -0.25) is 19.3 Å². The number of rotatable bonds is 8. The molecule has 1 atom stereocenters. The smallest absolute Gasteiger partial charge is 0.290 e. The minimum Gasteiger partial charge on any atom is -0.483 e. The van der Waals surface area contributed by atoms with E-state index in [0.29, 0.717) is 24.1 Å². The number of aliphatic hydroxyl groups excluding tert-OH is 1. The molecule has 0 spiro atoms. The summed E-state index contributed by atoms with van der Waals surface area (Å²) in [7, 11) is 0. The number of hydrogen-bond acceptors (Lipinski definition) is 8. The Morgan fingerprint density at radius 1 is 1.33 bits per heavy atom. The topological polar surface area (TPSA) is 136 Å². The molecule has 11 heteroatoms. The van der Waals surface area contributed by atoms with Crippen molar-refractivity contribution in [3.05, 3.63) is 5.01 Å². The zero-order valence-corrected chi connectivity index (χ0v) is 18.1. The van der Waals surface area contributed by atoms with E-state index in [0.717, 1.165) is 50.3 Å². The van der Waals surface area contributed by atoms with Gasteiger partial charge < -0.3 is 20.4 Å². The van der Waals surface area contributed by atoms with Gasteiger partial charge in [0, 0.05) is 39.1 Å². The summed E-state index contributed by atoms with van der Waals surface area (Å²) in [6.07, 6.45) is 4.11. The van der Waals surface area contributed by atoms with Crippen LogP contribution < -0.4 is 10.2 Å². The maximum atomic E-state index is 12.4. The molecule has 1 aromatic rings. The predicted molar refractivity (Wildman–Crippen MR) is 112 cm³/mol. The van der Waals surface area contributed by atoms with Gasteiger partial charge in [0.05, 0.1) is 5.92 Å². The van der Waals surface area contributed by atoms with Gasteiger partial charge in [-0.25, -0.2) is 0 Å². The number of carboxylic acid groups (broad SMARTS) is 1. The number of nitrogens with one attached hydrogen (secondary N) is 1. The van der Waals surface area contributed by atoms with E-state index >= 15 is 0 Å². The Kier molecular flexibility index (Phi) is 10.1. The third kappa shape index (κ3) is 6.99. The number of carbonyl (C=O) groups excluding carboxylic acids is 2.